The van der Waals surface area contributed by atoms with E-state index < -0.39 is 5.97 Å². The fourth-order valence-electron chi connectivity index (χ4n) is 4.49. The van der Waals surface area contributed by atoms with Crippen LogP contribution < -0.4 is 5.32 Å². The van der Waals surface area contributed by atoms with E-state index in [2.05, 4.69) is 61.7 Å². The predicted molar refractivity (Wildman–Crippen MR) is 175 cm³/mol. The molecule has 1 amide bonds. The number of hydrogen-bond donors (Lipinski definition) is 2. The highest BCUT2D eigenvalue weighted by molar-refractivity contribution is 5.80. The van der Waals surface area contributed by atoms with Gasteiger partial charge < -0.3 is 15.2 Å². The van der Waals surface area contributed by atoms with Crippen LogP contribution in [-0.4, -0.2) is 35.6 Å². The Morgan fingerprint density at radius 1 is 0.667 bits per heavy atom. The van der Waals surface area contributed by atoms with Crippen molar-refractivity contribution in [2.24, 2.45) is 0 Å². The Bertz CT molecular complexity index is 784. The first kappa shape index (κ1) is 39.4. The zero-order valence-electron chi connectivity index (χ0n) is 26.8. The van der Waals surface area contributed by atoms with Gasteiger partial charge in [-0.05, 0) is 70.3 Å². The van der Waals surface area contributed by atoms with Crippen molar-refractivity contribution in [1.29, 1.82) is 0 Å². The topological polar surface area (TPSA) is 92.7 Å². The minimum Gasteiger partial charge on any atom is -0.480 e. The van der Waals surface area contributed by atoms with Gasteiger partial charge in [0.25, 0.3) is 0 Å². The van der Waals surface area contributed by atoms with E-state index >= 15 is 0 Å². The number of rotatable bonds is 29. The molecule has 1 atom stereocenters. The van der Waals surface area contributed by atoms with Crippen molar-refractivity contribution in [3.63, 3.8) is 0 Å². The summed E-state index contributed by atoms with van der Waals surface area (Å²) in [5.41, 5.74) is 0. The lowest BCUT2D eigenvalue weighted by atomic mass is 10.1. The number of carboxylic acid groups (broad SMARTS) is 1. The Morgan fingerprint density at radius 2 is 1.24 bits per heavy atom. The maximum absolute atomic E-state index is 12.5. The summed E-state index contributed by atoms with van der Waals surface area (Å²) in [4.78, 5) is 34.6. The molecule has 0 heterocycles. The van der Waals surface area contributed by atoms with Crippen molar-refractivity contribution in [1.82, 2.24) is 5.32 Å². The number of ether oxygens (including phenoxy) is 1. The molecule has 0 aliphatic carbocycles. The van der Waals surface area contributed by atoms with E-state index in [0.717, 1.165) is 83.5 Å². The van der Waals surface area contributed by atoms with E-state index in [-0.39, 0.29) is 24.5 Å². The van der Waals surface area contributed by atoms with E-state index in [1.54, 1.807) is 0 Å². The molecule has 42 heavy (non-hydrogen) atoms. The Hall–Kier alpha value is -2.63. The molecular formula is C36H61NO5. The van der Waals surface area contributed by atoms with Crippen molar-refractivity contribution in [3.8, 4) is 0 Å². The Balaban J connectivity index is 4.27. The molecule has 0 radical (unpaired) electrons. The first-order valence-corrected chi connectivity index (χ1v) is 16.8. The van der Waals surface area contributed by atoms with Crippen LogP contribution in [0.25, 0.3) is 0 Å². The van der Waals surface area contributed by atoms with Gasteiger partial charge in [0.2, 0.25) is 5.91 Å². The smallest absolute Gasteiger partial charge is 0.322 e. The average Bonchev–Trinajstić information content (AvgIpc) is 2.97. The van der Waals surface area contributed by atoms with Crippen LogP contribution in [0.3, 0.4) is 0 Å². The summed E-state index contributed by atoms with van der Waals surface area (Å²) in [6.07, 6.45) is 38.1. The van der Waals surface area contributed by atoms with Crippen LogP contribution in [0.15, 0.2) is 48.6 Å². The van der Waals surface area contributed by atoms with E-state index in [0.29, 0.717) is 12.8 Å². The molecule has 0 aliphatic rings. The maximum Gasteiger partial charge on any atom is 0.322 e. The van der Waals surface area contributed by atoms with Crippen LogP contribution in [-0.2, 0) is 19.1 Å². The average molecular weight is 588 g/mol. The van der Waals surface area contributed by atoms with Crippen LogP contribution in [0.4, 0.5) is 0 Å². The quantitative estimate of drug-likeness (QED) is 0.0516. The van der Waals surface area contributed by atoms with Crippen molar-refractivity contribution in [2.45, 2.75) is 155 Å². The summed E-state index contributed by atoms with van der Waals surface area (Å²) >= 11 is 0. The summed E-state index contributed by atoms with van der Waals surface area (Å²) in [6, 6.07) is 0. The van der Waals surface area contributed by atoms with Crippen molar-refractivity contribution < 1.29 is 24.2 Å². The normalized spacial score (nSPS) is 12.6. The summed E-state index contributed by atoms with van der Waals surface area (Å²) in [5, 5.41) is 11.0. The lowest BCUT2D eigenvalue weighted by molar-refractivity contribution is -0.147. The van der Waals surface area contributed by atoms with Crippen molar-refractivity contribution in [2.75, 3.05) is 6.54 Å². The molecule has 0 aromatic carbocycles. The molecular weight excluding hydrogens is 526 g/mol. The second-order valence-corrected chi connectivity index (χ2v) is 11.0. The third kappa shape index (κ3) is 30.3. The number of hydrogen-bond acceptors (Lipinski definition) is 4. The first-order valence-electron chi connectivity index (χ1n) is 16.8. The largest absolute Gasteiger partial charge is 0.480 e. The van der Waals surface area contributed by atoms with Gasteiger partial charge in [0.15, 0.2) is 0 Å². The van der Waals surface area contributed by atoms with E-state index in [9.17, 15) is 14.4 Å². The molecule has 2 N–H and O–H groups in total. The van der Waals surface area contributed by atoms with Gasteiger partial charge in [-0.15, -0.1) is 0 Å². The SMILES string of the molecule is CC/C=C\C/C=C\C/C=C\C(CCCCCCCCC(=O)NCC(=O)O)OC(=O)CCCCCCC/C=C\CCCC. The molecule has 0 aliphatic heterocycles. The van der Waals surface area contributed by atoms with Gasteiger partial charge in [0.05, 0.1) is 0 Å². The molecule has 0 aromatic rings. The number of carboxylic acids is 1. The molecule has 240 valence electrons. The summed E-state index contributed by atoms with van der Waals surface area (Å²) < 4.78 is 5.86. The first-order chi connectivity index (χ1) is 20.5. The standard InChI is InChI=1S/C36H61NO5/c1-3-5-7-9-11-13-14-15-17-23-27-31-36(41)42-33(28-24-20-16-12-10-8-6-4-2)29-25-21-18-19-22-26-30-34(38)37-32-35(39)40/h6,8-9,11-12,16,24,28,33H,3-5,7,10,13-15,17-23,25-27,29-32H2,1-2H3,(H,37,38)(H,39,40)/b8-6-,11-9-,16-12-,28-24-. The van der Waals surface area contributed by atoms with Crippen molar-refractivity contribution in [3.05, 3.63) is 48.6 Å². The second kappa shape index (κ2) is 31.3. The molecule has 0 fully saturated rings. The third-order valence-corrected chi connectivity index (χ3v) is 6.97. The molecule has 0 saturated carbocycles. The van der Waals surface area contributed by atoms with Gasteiger partial charge >= 0.3 is 11.9 Å². The van der Waals surface area contributed by atoms with Crippen LogP contribution in [0, 0.1) is 0 Å². The van der Waals surface area contributed by atoms with Crippen LogP contribution >= 0.6 is 0 Å². The van der Waals surface area contributed by atoms with E-state index in [1.807, 2.05) is 6.08 Å². The summed E-state index contributed by atoms with van der Waals surface area (Å²) in [5.74, 6) is -1.32. The number of amides is 1. The predicted octanol–water partition coefficient (Wildman–Crippen LogP) is 9.56. The summed E-state index contributed by atoms with van der Waals surface area (Å²) in [6.45, 7) is 4.04. The molecule has 6 heteroatoms. The van der Waals surface area contributed by atoms with Gasteiger partial charge in [0.1, 0.15) is 12.6 Å². The molecule has 0 rings (SSSR count). The number of esters is 1. The fourth-order valence-corrected chi connectivity index (χ4v) is 4.49. The van der Waals surface area contributed by atoms with Gasteiger partial charge in [-0.3, -0.25) is 14.4 Å². The highest BCUT2D eigenvalue weighted by Gasteiger charge is 2.11. The zero-order valence-corrected chi connectivity index (χ0v) is 26.8. The Morgan fingerprint density at radius 3 is 1.90 bits per heavy atom. The minimum absolute atomic E-state index is 0.0927. The lowest BCUT2D eigenvalue weighted by Gasteiger charge is -2.14. The molecule has 1 unspecified atom stereocenters. The number of carbonyl (C=O) groups is 3. The minimum atomic E-state index is -1.02. The highest BCUT2D eigenvalue weighted by Crippen LogP contribution is 2.15. The number of unbranched alkanes of at least 4 members (excludes halogenated alkanes) is 12. The zero-order chi connectivity index (χ0) is 30.9. The second-order valence-electron chi connectivity index (χ2n) is 11.0. The highest BCUT2D eigenvalue weighted by atomic mass is 16.5. The van der Waals surface area contributed by atoms with E-state index in [4.69, 9.17) is 9.84 Å². The van der Waals surface area contributed by atoms with Gasteiger partial charge in [-0.2, -0.15) is 0 Å². The molecule has 6 nitrogen and oxygen atoms in total. The lowest BCUT2D eigenvalue weighted by Crippen LogP contribution is -2.28. The van der Waals surface area contributed by atoms with Gasteiger partial charge in [-0.1, -0.05) is 114 Å². The van der Waals surface area contributed by atoms with Crippen LogP contribution in [0.2, 0.25) is 0 Å². The maximum atomic E-state index is 12.5. The molecule has 0 bridgehead atoms. The Labute approximate surface area is 257 Å². The molecule has 0 aromatic heterocycles. The van der Waals surface area contributed by atoms with Crippen LogP contribution in [0.1, 0.15) is 149 Å². The Kier molecular flexibility index (Phi) is 29.3. The monoisotopic (exact) mass is 587 g/mol. The number of nitrogens with one attached hydrogen (secondary N) is 1. The number of aliphatic carboxylic acids is 1. The number of carbonyl (C=O) groups excluding carboxylic acids is 2. The third-order valence-electron chi connectivity index (χ3n) is 6.97. The van der Waals surface area contributed by atoms with Gasteiger partial charge in [-0.25, -0.2) is 0 Å². The fraction of sp³-hybridized carbons (Fsp3) is 0.694. The molecule has 0 spiro atoms. The summed E-state index contributed by atoms with van der Waals surface area (Å²) in [7, 11) is 0. The van der Waals surface area contributed by atoms with E-state index in [1.165, 1.54) is 38.5 Å². The number of allylic oxidation sites excluding steroid dienone is 7. The molecule has 0 saturated heterocycles. The van der Waals surface area contributed by atoms with Crippen molar-refractivity contribution >= 4 is 17.8 Å². The van der Waals surface area contributed by atoms with Crippen LogP contribution in [0.5, 0.6) is 0 Å². The van der Waals surface area contributed by atoms with Gasteiger partial charge in [0, 0.05) is 12.8 Å².